The third kappa shape index (κ3) is 19.4. The number of aryl methyl sites for hydroxylation is 1. The average molecular weight is 644 g/mol. The Hall–Kier alpha value is -3.04. The van der Waals surface area contributed by atoms with Crippen molar-refractivity contribution in [2.24, 2.45) is 5.41 Å². The Morgan fingerprint density at radius 3 is 1.94 bits per heavy atom. The van der Waals surface area contributed by atoms with Crippen LogP contribution >= 0.6 is 0 Å². The summed E-state index contributed by atoms with van der Waals surface area (Å²) in [4.78, 5) is 4.87. The molecule has 0 atom stereocenters. The highest BCUT2D eigenvalue weighted by Crippen LogP contribution is 2.35. The molecule has 2 fully saturated rings. The maximum absolute atomic E-state index is 4.27. The van der Waals surface area contributed by atoms with Gasteiger partial charge < -0.3 is 15.1 Å². The minimum absolute atomic E-state index is 0.559. The molecule has 0 aliphatic carbocycles. The van der Waals surface area contributed by atoms with Crippen LogP contribution < -0.4 is 5.32 Å². The van der Waals surface area contributed by atoms with Gasteiger partial charge in [-0.2, -0.15) is 0 Å². The van der Waals surface area contributed by atoms with Crippen molar-refractivity contribution < 1.29 is 0 Å². The summed E-state index contributed by atoms with van der Waals surface area (Å²) in [6, 6.07) is 17.0. The molecule has 2 aromatic carbocycles. The first-order valence-electron chi connectivity index (χ1n) is 18.4. The summed E-state index contributed by atoms with van der Waals surface area (Å²) in [5.41, 5.74) is 9.01. The van der Waals surface area contributed by atoms with Gasteiger partial charge in [0.2, 0.25) is 0 Å². The number of hydrogen-bond donors (Lipinski definition) is 1. The number of nitrogens with one attached hydrogen (secondary N) is 1. The number of rotatable bonds is 10. The van der Waals surface area contributed by atoms with E-state index in [1.165, 1.54) is 99.9 Å². The average Bonchev–Trinajstić information content (AvgIpc) is 3.07. The summed E-state index contributed by atoms with van der Waals surface area (Å²) in [7, 11) is 2.19. The molecule has 2 aliphatic heterocycles. The summed E-state index contributed by atoms with van der Waals surface area (Å²) < 4.78 is 0. The lowest BCUT2D eigenvalue weighted by Crippen LogP contribution is -2.38. The van der Waals surface area contributed by atoms with E-state index in [9.17, 15) is 0 Å². The van der Waals surface area contributed by atoms with Crippen LogP contribution in [0.15, 0.2) is 92.3 Å². The number of nitrogens with zero attached hydrogens (tertiary/aromatic N) is 2. The normalized spacial score (nSPS) is 15.0. The third-order valence-corrected chi connectivity index (χ3v) is 8.94. The van der Waals surface area contributed by atoms with Gasteiger partial charge in [-0.05, 0) is 114 Å². The zero-order valence-corrected chi connectivity index (χ0v) is 32.3. The molecule has 0 saturated carbocycles. The van der Waals surface area contributed by atoms with E-state index in [0.717, 1.165) is 29.8 Å². The highest BCUT2D eigenvalue weighted by molar-refractivity contribution is 5.67. The van der Waals surface area contributed by atoms with Crippen molar-refractivity contribution in [3.05, 3.63) is 109 Å². The van der Waals surface area contributed by atoms with Crippen LogP contribution in [-0.4, -0.2) is 43.0 Å². The summed E-state index contributed by atoms with van der Waals surface area (Å²) >= 11 is 0. The fourth-order valence-corrected chi connectivity index (χ4v) is 5.59. The van der Waals surface area contributed by atoms with Crippen LogP contribution in [0.2, 0.25) is 0 Å². The van der Waals surface area contributed by atoms with E-state index in [-0.39, 0.29) is 0 Å². The minimum Gasteiger partial charge on any atom is -0.375 e. The Bertz CT molecular complexity index is 1130. The molecule has 47 heavy (non-hydrogen) atoms. The van der Waals surface area contributed by atoms with E-state index < -0.39 is 0 Å². The molecule has 0 unspecified atom stereocenters. The van der Waals surface area contributed by atoms with Gasteiger partial charge in [0.05, 0.1) is 0 Å². The lowest BCUT2D eigenvalue weighted by Gasteiger charge is -2.40. The fourth-order valence-electron chi connectivity index (χ4n) is 5.59. The van der Waals surface area contributed by atoms with Gasteiger partial charge in [-0.15, -0.1) is 6.58 Å². The Morgan fingerprint density at radius 1 is 0.915 bits per heavy atom. The summed E-state index contributed by atoms with van der Waals surface area (Å²) in [5.74, 6) is 0. The van der Waals surface area contributed by atoms with Crippen LogP contribution in [-0.2, 0) is 6.42 Å². The lowest BCUT2D eigenvalue weighted by atomic mass is 9.78. The predicted molar refractivity (Wildman–Crippen MR) is 215 cm³/mol. The highest BCUT2D eigenvalue weighted by atomic mass is 15.1. The first-order chi connectivity index (χ1) is 22.5. The highest BCUT2D eigenvalue weighted by Gasteiger charge is 2.28. The van der Waals surface area contributed by atoms with Gasteiger partial charge in [-0.25, -0.2) is 0 Å². The Kier molecular flexibility index (Phi) is 24.3. The second kappa shape index (κ2) is 26.0. The molecule has 2 aromatic rings. The van der Waals surface area contributed by atoms with Gasteiger partial charge >= 0.3 is 0 Å². The molecule has 0 aromatic heterocycles. The van der Waals surface area contributed by atoms with Crippen LogP contribution in [0.3, 0.4) is 0 Å². The molecule has 1 N–H and O–H groups in total. The quantitative estimate of drug-likeness (QED) is 0.260. The molecule has 3 nitrogen and oxygen atoms in total. The van der Waals surface area contributed by atoms with Crippen LogP contribution in [0.5, 0.6) is 0 Å². The minimum atomic E-state index is 0.559. The van der Waals surface area contributed by atoms with Gasteiger partial charge in [-0.1, -0.05) is 122 Å². The number of benzene rings is 2. The van der Waals surface area contributed by atoms with Crippen LogP contribution in [0.4, 0.5) is 5.69 Å². The third-order valence-electron chi connectivity index (χ3n) is 8.94. The number of likely N-dealkylation sites (tertiary alicyclic amines) is 2. The lowest BCUT2D eigenvalue weighted by molar-refractivity contribution is 0.138. The standard InChI is InChI=1S/C17H25N.C16H23N.C6H13N.C3H6.C2H6/c1-4-17(3)10-12-18(13-11-17)15(2)14-16-8-6-5-7-9-16;1-6-7-8-14(5)17-15-9-10-16(12(2)3)13(4)11-15;1-7-5-3-2-4-6-7;1-3-2;1-2/h5-9H,2,4,10-14H2,1,3H3;9-11,17H,2,5-8H2,1,3-4H3;2-6H2,1H3;3H,1H2,2H3;1-2H3. The fraction of sp³-hybridized carbons (Fsp3) is 0.545. The van der Waals surface area contributed by atoms with Crippen LogP contribution in [0.25, 0.3) is 5.57 Å². The molecule has 0 radical (unpaired) electrons. The maximum atomic E-state index is 4.27. The molecule has 264 valence electrons. The number of allylic oxidation sites excluding steroid dienone is 4. The number of unbranched alkanes of at least 4 members (excludes halogenated alkanes) is 1. The van der Waals surface area contributed by atoms with E-state index in [0.29, 0.717) is 5.41 Å². The monoisotopic (exact) mass is 644 g/mol. The topological polar surface area (TPSA) is 18.5 Å². The summed E-state index contributed by atoms with van der Waals surface area (Å²) in [5, 5.41) is 3.36. The second-order valence-electron chi connectivity index (χ2n) is 13.3. The molecule has 3 heteroatoms. The van der Waals surface area contributed by atoms with Crippen molar-refractivity contribution in [2.45, 2.75) is 120 Å². The Labute approximate surface area is 292 Å². The van der Waals surface area contributed by atoms with Crippen molar-refractivity contribution in [1.29, 1.82) is 0 Å². The smallest absolute Gasteiger partial charge is 0.0384 e. The SMILES string of the molecule is C=C(CCCC)Nc1ccc(C(=C)C)c(C)c1.C=C(Cc1ccccc1)N1CCC(C)(CC)CC1.C=CC.CC.CN1CCCCC1. The summed E-state index contributed by atoms with van der Waals surface area (Å²) in [6.07, 6.45) is 14.3. The zero-order chi connectivity index (χ0) is 35.7. The van der Waals surface area contributed by atoms with Crippen LogP contribution in [0, 0.1) is 12.3 Å². The van der Waals surface area contributed by atoms with Gasteiger partial charge in [0.15, 0.2) is 0 Å². The Balaban J connectivity index is 0.000000674. The van der Waals surface area contributed by atoms with E-state index in [2.05, 4.69) is 125 Å². The molecule has 0 amide bonds. The van der Waals surface area contributed by atoms with E-state index in [1.807, 2.05) is 27.7 Å². The van der Waals surface area contributed by atoms with E-state index in [4.69, 9.17) is 0 Å². The first-order valence-corrected chi connectivity index (χ1v) is 18.4. The number of anilines is 1. The largest absolute Gasteiger partial charge is 0.375 e. The summed E-state index contributed by atoms with van der Waals surface area (Å²) in [6.45, 7) is 37.6. The van der Waals surface area contributed by atoms with Gasteiger partial charge in [0.1, 0.15) is 0 Å². The molecule has 0 bridgehead atoms. The predicted octanol–water partition coefficient (Wildman–Crippen LogP) is 12.7. The van der Waals surface area contributed by atoms with Gasteiger partial charge in [0, 0.05) is 36.6 Å². The molecule has 0 spiro atoms. The molecular weight excluding hydrogens is 571 g/mol. The first kappa shape index (κ1) is 44.0. The molecule has 2 aliphatic rings. The van der Waals surface area contributed by atoms with Crippen molar-refractivity contribution in [3.63, 3.8) is 0 Å². The molecule has 2 heterocycles. The molecule has 4 rings (SSSR count). The van der Waals surface area contributed by atoms with Crippen molar-refractivity contribution in [1.82, 2.24) is 9.80 Å². The van der Waals surface area contributed by atoms with Crippen LogP contribution in [0.1, 0.15) is 123 Å². The van der Waals surface area contributed by atoms with Crippen molar-refractivity contribution in [3.8, 4) is 0 Å². The van der Waals surface area contributed by atoms with Gasteiger partial charge in [-0.3, -0.25) is 0 Å². The van der Waals surface area contributed by atoms with Gasteiger partial charge in [0.25, 0.3) is 0 Å². The second-order valence-corrected chi connectivity index (χ2v) is 13.3. The molecule has 2 saturated heterocycles. The Morgan fingerprint density at radius 2 is 1.49 bits per heavy atom. The van der Waals surface area contributed by atoms with E-state index >= 15 is 0 Å². The zero-order valence-electron chi connectivity index (χ0n) is 32.3. The maximum Gasteiger partial charge on any atom is 0.0384 e. The number of piperidine rings is 2. The van der Waals surface area contributed by atoms with Crippen molar-refractivity contribution >= 4 is 11.3 Å². The van der Waals surface area contributed by atoms with Crippen molar-refractivity contribution in [2.75, 3.05) is 38.5 Å². The van der Waals surface area contributed by atoms with E-state index in [1.54, 1.807) is 6.08 Å². The molecular formula is C44H73N3. The number of hydrogen-bond acceptors (Lipinski definition) is 3.